The SMILES string of the molecule is C[NH+](C)CCCCCCCCCCCCCc1ccccc1.O.[Cl-]. The first kappa shape index (κ1) is 25.7. The van der Waals surface area contributed by atoms with Crippen molar-refractivity contribution in [2.45, 2.75) is 77.0 Å². The maximum absolute atomic E-state index is 2.25. The molecule has 0 heterocycles. The highest BCUT2D eigenvalue weighted by molar-refractivity contribution is 5.14. The Morgan fingerprint density at radius 1 is 0.625 bits per heavy atom. The molecule has 0 aliphatic heterocycles. The average Bonchev–Trinajstić information content (AvgIpc) is 2.52. The molecule has 142 valence electrons. The van der Waals surface area contributed by atoms with Crippen molar-refractivity contribution < 1.29 is 22.8 Å². The van der Waals surface area contributed by atoms with Gasteiger partial charge in [0, 0.05) is 0 Å². The molecule has 0 fully saturated rings. The van der Waals surface area contributed by atoms with Crippen LogP contribution in [0.3, 0.4) is 0 Å². The minimum atomic E-state index is 0. The second-order valence-electron chi connectivity index (χ2n) is 7.08. The van der Waals surface area contributed by atoms with E-state index < -0.39 is 0 Å². The van der Waals surface area contributed by atoms with Crippen LogP contribution in [0, 0.1) is 0 Å². The van der Waals surface area contributed by atoms with Gasteiger partial charge < -0.3 is 22.8 Å². The number of unbranched alkanes of at least 4 members (excludes halogenated alkanes) is 10. The largest absolute Gasteiger partial charge is 1.00 e. The van der Waals surface area contributed by atoms with E-state index in [2.05, 4.69) is 44.4 Å². The average molecular weight is 358 g/mol. The van der Waals surface area contributed by atoms with Crippen LogP contribution in [0.25, 0.3) is 0 Å². The summed E-state index contributed by atoms with van der Waals surface area (Å²) in [5.74, 6) is 0. The Bertz CT molecular complexity index is 343. The van der Waals surface area contributed by atoms with Crippen molar-refractivity contribution in [1.82, 2.24) is 0 Å². The van der Waals surface area contributed by atoms with Crippen molar-refractivity contribution in [1.29, 1.82) is 0 Å². The highest BCUT2D eigenvalue weighted by Crippen LogP contribution is 2.12. The van der Waals surface area contributed by atoms with Crippen LogP contribution in [0.4, 0.5) is 0 Å². The quantitative estimate of drug-likeness (QED) is 0.479. The molecule has 0 bridgehead atoms. The highest BCUT2D eigenvalue weighted by atomic mass is 35.5. The third-order valence-electron chi connectivity index (χ3n) is 4.49. The van der Waals surface area contributed by atoms with Crippen LogP contribution in [-0.4, -0.2) is 26.1 Å². The van der Waals surface area contributed by atoms with Gasteiger partial charge in [0.1, 0.15) is 0 Å². The van der Waals surface area contributed by atoms with Gasteiger partial charge in [-0.2, -0.15) is 0 Å². The molecule has 0 aliphatic rings. The summed E-state index contributed by atoms with van der Waals surface area (Å²) in [4.78, 5) is 1.59. The first-order chi connectivity index (χ1) is 10.8. The number of hydrogen-bond acceptors (Lipinski definition) is 0. The van der Waals surface area contributed by atoms with Crippen molar-refractivity contribution in [3.8, 4) is 0 Å². The van der Waals surface area contributed by atoms with Crippen LogP contribution in [0.1, 0.15) is 76.2 Å². The summed E-state index contributed by atoms with van der Waals surface area (Å²) in [6, 6.07) is 10.9. The number of hydrogen-bond donors (Lipinski definition) is 1. The topological polar surface area (TPSA) is 35.9 Å². The van der Waals surface area contributed by atoms with Gasteiger partial charge in [-0.25, -0.2) is 0 Å². The van der Waals surface area contributed by atoms with Gasteiger partial charge in [0.15, 0.2) is 0 Å². The van der Waals surface area contributed by atoms with Crippen molar-refractivity contribution >= 4 is 0 Å². The van der Waals surface area contributed by atoms with E-state index in [4.69, 9.17) is 0 Å². The molecule has 0 radical (unpaired) electrons. The summed E-state index contributed by atoms with van der Waals surface area (Å²) in [5, 5.41) is 0. The van der Waals surface area contributed by atoms with Gasteiger partial charge in [0.25, 0.3) is 0 Å². The Hall–Kier alpha value is -0.570. The van der Waals surface area contributed by atoms with Crippen LogP contribution in [-0.2, 0) is 6.42 Å². The summed E-state index contributed by atoms with van der Waals surface area (Å²) >= 11 is 0. The molecule has 1 aromatic carbocycles. The van der Waals surface area contributed by atoms with E-state index in [1.54, 1.807) is 4.90 Å². The Morgan fingerprint density at radius 3 is 1.50 bits per heavy atom. The lowest BCUT2D eigenvalue weighted by atomic mass is 10.0. The van der Waals surface area contributed by atoms with E-state index in [0.29, 0.717) is 0 Å². The summed E-state index contributed by atoms with van der Waals surface area (Å²) in [5.41, 5.74) is 1.50. The smallest absolute Gasteiger partial charge is 0.0766 e. The Kier molecular flexibility index (Phi) is 20.1. The van der Waals surface area contributed by atoms with Gasteiger partial charge in [0.2, 0.25) is 0 Å². The number of nitrogens with one attached hydrogen (secondary N) is 1. The number of quaternary nitrogens is 1. The summed E-state index contributed by atoms with van der Waals surface area (Å²) in [7, 11) is 4.50. The fraction of sp³-hybridized carbons (Fsp3) is 0.714. The number of benzene rings is 1. The summed E-state index contributed by atoms with van der Waals surface area (Å²) in [6.07, 6.45) is 17.0. The first-order valence-electron chi connectivity index (χ1n) is 9.62. The molecular weight excluding hydrogens is 318 g/mol. The van der Waals surface area contributed by atoms with Gasteiger partial charge >= 0.3 is 0 Å². The predicted molar refractivity (Wildman–Crippen MR) is 102 cm³/mol. The van der Waals surface area contributed by atoms with Crippen LogP contribution >= 0.6 is 0 Å². The molecule has 0 saturated heterocycles. The lowest BCUT2D eigenvalue weighted by molar-refractivity contribution is -0.858. The molecule has 1 aromatic rings. The maximum atomic E-state index is 2.25. The fourth-order valence-corrected chi connectivity index (χ4v) is 3.04. The van der Waals surface area contributed by atoms with Crippen LogP contribution in [0.5, 0.6) is 0 Å². The van der Waals surface area contributed by atoms with Crippen molar-refractivity contribution in [2.75, 3.05) is 20.6 Å². The zero-order valence-electron chi connectivity index (χ0n) is 16.0. The first-order valence-corrected chi connectivity index (χ1v) is 9.62. The Morgan fingerprint density at radius 2 is 1.04 bits per heavy atom. The maximum Gasteiger partial charge on any atom is 0.0766 e. The van der Waals surface area contributed by atoms with Crippen LogP contribution in [0.15, 0.2) is 30.3 Å². The molecule has 1 rings (SSSR count). The molecular formula is C21H40ClNO. The van der Waals surface area contributed by atoms with E-state index >= 15 is 0 Å². The highest BCUT2D eigenvalue weighted by Gasteiger charge is 1.96. The lowest BCUT2D eigenvalue weighted by Gasteiger charge is -2.06. The summed E-state index contributed by atoms with van der Waals surface area (Å²) < 4.78 is 0. The molecule has 3 N–H and O–H groups in total. The van der Waals surface area contributed by atoms with Crippen LogP contribution < -0.4 is 17.3 Å². The number of halogens is 1. The molecule has 0 amide bonds. The zero-order chi connectivity index (χ0) is 15.9. The van der Waals surface area contributed by atoms with Gasteiger partial charge in [-0.1, -0.05) is 81.7 Å². The molecule has 2 nitrogen and oxygen atoms in total. The molecule has 3 heteroatoms. The van der Waals surface area contributed by atoms with Crippen LogP contribution in [0.2, 0.25) is 0 Å². The summed E-state index contributed by atoms with van der Waals surface area (Å²) in [6.45, 7) is 1.34. The molecule has 0 saturated carbocycles. The third kappa shape index (κ3) is 16.3. The minimum Gasteiger partial charge on any atom is -1.00 e. The van der Waals surface area contributed by atoms with Gasteiger partial charge in [0.05, 0.1) is 20.6 Å². The Labute approximate surface area is 156 Å². The Balaban J connectivity index is 0. The van der Waals surface area contributed by atoms with Gasteiger partial charge in [-0.15, -0.1) is 0 Å². The van der Waals surface area contributed by atoms with E-state index in [1.807, 2.05) is 0 Å². The lowest BCUT2D eigenvalue weighted by Crippen LogP contribution is -3.05. The van der Waals surface area contributed by atoms with E-state index in [0.717, 1.165) is 0 Å². The second kappa shape index (κ2) is 18.8. The monoisotopic (exact) mass is 357 g/mol. The molecule has 0 atom stereocenters. The molecule has 0 unspecified atom stereocenters. The molecule has 0 spiro atoms. The minimum absolute atomic E-state index is 0. The third-order valence-corrected chi connectivity index (χ3v) is 4.49. The van der Waals surface area contributed by atoms with Crippen molar-refractivity contribution in [2.24, 2.45) is 0 Å². The van der Waals surface area contributed by atoms with E-state index in [9.17, 15) is 0 Å². The van der Waals surface area contributed by atoms with Gasteiger partial charge in [-0.05, 0) is 31.2 Å². The van der Waals surface area contributed by atoms with E-state index in [-0.39, 0.29) is 17.9 Å². The number of rotatable bonds is 14. The zero-order valence-corrected chi connectivity index (χ0v) is 16.7. The molecule has 24 heavy (non-hydrogen) atoms. The van der Waals surface area contributed by atoms with Crippen molar-refractivity contribution in [3.05, 3.63) is 35.9 Å². The molecule has 0 aliphatic carbocycles. The predicted octanol–water partition coefficient (Wildman–Crippen LogP) is 0.844. The fourth-order valence-electron chi connectivity index (χ4n) is 3.04. The molecule has 0 aromatic heterocycles. The van der Waals surface area contributed by atoms with E-state index in [1.165, 1.54) is 89.2 Å². The normalized spacial score (nSPS) is 10.3. The second-order valence-corrected chi connectivity index (χ2v) is 7.08. The number of aryl methyl sites for hydroxylation is 1. The van der Waals surface area contributed by atoms with Crippen molar-refractivity contribution in [3.63, 3.8) is 0 Å². The standard InChI is InChI=1S/C21H37N.ClH.H2O/c1-22(2)20-16-11-9-7-5-3-4-6-8-10-13-17-21-18-14-12-15-19-21;;/h12,14-15,18-19H,3-11,13,16-17,20H2,1-2H3;1H;1H2. The van der Waals surface area contributed by atoms with Gasteiger partial charge in [-0.3, -0.25) is 0 Å².